The van der Waals surface area contributed by atoms with E-state index in [1.54, 1.807) is 18.2 Å². The first kappa shape index (κ1) is 18.2. The minimum Gasteiger partial charge on any atom is -0.488 e. The lowest BCUT2D eigenvalue weighted by Crippen LogP contribution is -2.15. The molecule has 0 aliphatic heterocycles. The molecule has 0 aliphatic rings. The summed E-state index contributed by atoms with van der Waals surface area (Å²) >= 11 is 0. The highest BCUT2D eigenvalue weighted by molar-refractivity contribution is 5.15. The zero-order valence-electron chi connectivity index (χ0n) is 12.8. The maximum atomic E-state index is 5.62. The molecule has 0 aromatic heterocycles. The van der Waals surface area contributed by atoms with Crippen LogP contribution in [0.2, 0.25) is 0 Å². The van der Waals surface area contributed by atoms with Gasteiger partial charge in [-0.2, -0.15) is 0 Å². The molecule has 0 fully saturated rings. The smallest absolute Gasteiger partial charge is 0.119 e. The fourth-order valence-electron chi connectivity index (χ4n) is 1.45. The zero-order valence-corrected chi connectivity index (χ0v) is 12.8. The Morgan fingerprint density at radius 1 is 1.20 bits per heavy atom. The molecule has 20 heavy (non-hydrogen) atoms. The van der Waals surface area contributed by atoms with Gasteiger partial charge in [-0.25, -0.2) is 0 Å². The van der Waals surface area contributed by atoms with Gasteiger partial charge < -0.3 is 9.47 Å². The number of ether oxygens (including phenoxy) is 2. The van der Waals surface area contributed by atoms with Gasteiger partial charge in [0.1, 0.15) is 11.9 Å². The molecule has 0 radical (unpaired) electrons. The first-order chi connectivity index (χ1) is 9.76. The molecular weight excluding hydrogens is 248 g/mol. The summed E-state index contributed by atoms with van der Waals surface area (Å²) in [6.07, 6.45) is 5.10. The Morgan fingerprint density at radius 2 is 1.85 bits per heavy atom. The fourth-order valence-corrected chi connectivity index (χ4v) is 1.45. The molecule has 0 amide bonds. The minimum atomic E-state index is -0.0158. The molecule has 0 spiro atoms. The van der Waals surface area contributed by atoms with Crippen LogP contribution in [0.5, 0.6) is 0 Å². The highest BCUT2D eigenvalue weighted by Crippen LogP contribution is 2.06. The summed E-state index contributed by atoms with van der Waals surface area (Å²) in [6, 6.07) is 10.1. The summed E-state index contributed by atoms with van der Waals surface area (Å²) in [5.74, 6) is 0.709. The maximum absolute atomic E-state index is 5.62. The second-order valence-electron chi connectivity index (χ2n) is 3.94. The van der Waals surface area contributed by atoms with Crippen molar-refractivity contribution in [2.45, 2.75) is 33.5 Å². The van der Waals surface area contributed by atoms with Crippen LogP contribution < -0.4 is 0 Å². The van der Waals surface area contributed by atoms with Crippen molar-refractivity contribution in [3.05, 3.63) is 73.0 Å². The van der Waals surface area contributed by atoms with Gasteiger partial charge in [0, 0.05) is 0 Å². The van der Waals surface area contributed by atoms with E-state index in [1.165, 1.54) is 0 Å². The maximum Gasteiger partial charge on any atom is 0.119 e. The predicted octanol–water partition coefficient (Wildman–Crippen LogP) is 4.89. The lowest BCUT2D eigenvalue weighted by molar-refractivity contribution is 0.0217. The van der Waals surface area contributed by atoms with Crippen molar-refractivity contribution < 1.29 is 9.47 Å². The molecule has 110 valence electrons. The summed E-state index contributed by atoms with van der Waals surface area (Å²) < 4.78 is 11.2. The van der Waals surface area contributed by atoms with Gasteiger partial charge in [-0.1, -0.05) is 63.4 Å². The minimum absolute atomic E-state index is 0.0158. The van der Waals surface area contributed by atoms with Crippen LogP contribution >= 0.6 is 0 Å². The van der Waals surface area contributed by atoms with Crippen molar-refractivity contribution in [3.8, 4) is 0 Å². The average molecular weight is 274 g/mol. The quantitative estimate of drug-likeness (QED) is 0.496. The van der Waals surface area contributed by atoms with Crippen LogP contribution in [0.15, 0.2) is 67.5 Å². The van der Waals surface area contributed by atoms with Crippen LogP contribution in [0.25, 0.3) is 0 Å². The van der Waals surface area contributed by atoms with Crippen molar-refractivity contribution in [2.24, 2.45) is 0 Å². The third-order valence-corrected chi connectivity index (χ3v) is 2.28. The molecule has 0 heterocycles. The van der Waals surface area contributed by atoms with Gasteiger partial charge in [-0.3, -0.25) is 0 Å². The molecule has 2 nitrogen and oxygen atoms in total. The van der Waals surface area contributed by atoms with Crippen molar-refractivity contribution in [2.75, 3.05) is 6.61 Å². The van der Waals surface area contributed by atoms with Crippen molar-refractivity contribution in [1.82, 2.24) is 0 Å². The molecule has 1 aromatic carbocycles. The molecule has 1 unspecified atom stereocenters. The van der Waals surface area contributed by atoms with E-state index >= 15 is 0 Å². The fraction of sp³-hybridized carbons (Fsp3) is 0.333. The van der Waals surface area contributed by atoms with E-state index in [0.29, 0.717) is 19.0 Å². The summed E-state index contributed by atoms with van der Waals surface area (Å²) in [4.78, 5) is 0. The molecule has 0 saturated carbocycles. The second-order valence-corrected chi connectivity index (χ2v) is 3.94. The molecule has 1 atom stereocenters. The summed E-state index contributed by atoms with van der Waals surface area (Å²) in [5.41, 5.74) is 1.16. The molecule has 0 aliphatic carbocycles. The second kappa shape index (κ2) is 12.2. The van der Waals surface area contributed by atoms with Crippen LogP contribution in [-0.2, 0) is 16.1 Å². The van der Waals surface area contributed by atoms with E-state index in [9.17, 15) is 0 Å². The SMILES string of the molecule is C=C/C=C(\C=C)OC(C)COCc1ccccc1.CC. The van der Waals surface area contributed by atoms with Gasteiger partial charge in [0.05, 0.1) is 13.2 Å². The van der Waals surface area contributed by atoms with Crippen LogP contribution in [0, 0.1) is 0 Å². The molecule has 0 saturated heterocycles. The monoisotopic (exact) mass is 274 g/mol. The van der Waals surface area contributed by atoms with E-state index in [2.05, 4.69) is 13.2 Å². The number of hydrogen-bond donors (Lipinski definition) is 0. The molecular formula is C18H26O2. The topological polar surface area (TPSA) is 18.5 Å². The number of allylic oxidation sites excluding steroid dienone is 3. The molecule has 2 heteroatoms. The van der Waals surface area contributed by atoms with E-state index < -0.39 is 0 Å². The first-order valence-corrected chi connectivity index (χ1v) is 6.99. The molecule has 1 rings (SSSR count). The van der Waals surface area contributed by atoms with Crippen molar-refractivity contribution >= 4 is 0 Å². The van der Waals surface area contributed by atoms with Gasteiger partial charge in [-0.05, 0) is 24.6 Å². The highest BCUT2D eigenvalue weighted by Gasteiger charge is 2.04. The largest absolute Gasteiger partial charge is 0.488 e. The van der Waals surface area contributed by atoms with E-state index in [-0.39, 0.29) is 6.10 Å². The van der Waals surface area contributed by atoms with Crippen LogP contribution in [0.3, 0.4) is 0 Å². The lowest BCUT2D eigenvalue weighted by Gasteiger charge is -2.15. The van der Waals surface area contributed by atoms with Crippen LogP contribution in [0.1, 0.15) is 26.3 Å². The van der Waals surface area contributed by atoms with E-state index in [4.69, 9.17) is 9.47 Å². The standard InChI is InChI=1S/C16H20O2.C2H6/c1-4-9-16(5-2)18-14(3)12-17-13-15-10-7-6-8-11-15;1-2/h4-11,14H,1-2,12-13H2,3H3;1-2H3/b16-9+;. The van der Waals surface area contributed by atoms with Crippen LogP contribution in [-0.4, -0.2) is 12.7 Å². The zero-order chi connectivity index (χ0) is 15.2. The number of benzene rings is 1. The summed E-state index contributed by atoms with van der Waals surface area (Å²) in [6.45, 7) is 14.4. The first-order valence-electron chi connectivity index (χ1n) is 6.99. The van der Waals surface area contributed by atoms with E-state index in [1.807, 2.05) is 51.1 Å². The number of hydrogen-bond acceptors (Lipinski definition) is 2. The van der Waals surface area contributed by atoms with Crippen molar-refractivity contribution in [3.63, 3.8) is 0 Å². The van der Waals surface area contributed by atoms with E-state index in [0.717, 1.165) is 5.56 Å². The van der Waals surface area contributed by atoms with Crippen LogP contribution in [0.4, 0.5) is 0 Å². The van der Waals surface area contributed by atoms with Crippen molar-refractivity contribution in [1.29, 1.82) is 0 Å². The van der Waals surface area contributed by atoms with Gasteiger partial charge >= 0.3 is 0 Å². The Bertz CT molecular complexity index is 393. The lowest BCUT2D eigenvalue weighted by atomic mass is 10.2. The predicted molar refractivity (Wildman–Crippen MR) is 86.5 cm³/mol. The summed E-state index contributed by atoms with van der Waals surface area (Å²) in [5, 5.41) is 0. The molecule has 1 aromatic rings. The normalized spacial score (nSPS) is 11.8. The third kappa shape index (κ3) is 8.33. The van der Waals surface area contributed by atoms with Gasteiger partial charge in [0.2, 0.25) is 0 Å². The molecule has 0 bridgehead atoms. The Hall–Kier alpha value is -1.80. The Morgan fingerprint density at radius 3 is 2.40 bits per heavy atom. The Kier molecular flexibility index (Phi) is 11.1. The third-order valence-electron chi connectivity index (χ3n) is 2.28. The van der Waals surface area contributed by atoms with Gasteiger partial charge in [-0.15, -0.1) is 0 Å². The Labute approximate surface area is 123 Å². The highest BCUT2D eigenvalue weighted by atomic mass is 16.5. The molecule has 0 N–H and O–H groups in total. The Balaban J connectivity index is 0.00000172. The number of rotatable bonds is 8. The van der Waals surface area contributed by atoms with Gasteiger partial charge in [0.25, 0.3) is 0 Å². The summed E-state index contributed by atoms with van der Waals surface area (Å²) in [7, 11) is 0. The average Bonchev–Trinajstić information content (AvgIpc) is 2.50. The van der Waals surface area contributed by atoms with Gasteiger partial charge in [0.15, 0.2) is 0 Å².